The fourth-order valence-electron chi connectivity index (χ4n) is 5.87. The molecule has 6 rings (SSSR count). The second-order valence-electron chi connectivity index (χ2n) is 10.9. The molecule has 11 nitrogen and oxygen atoms in total. The standard InChI is InChI=1S/C27H30N4O5.C2HF3O2/c1-3-27(35)20-11-22-24-15(12-31(22)25(33)19(20)14-36-26(27)34)10-17-18(23(32)5-4-21(17)29-24)13-30-8-6-16(28-2)7-9-30;3-2(4,5)1(6)7/h4-5,10-11,16,28,32,35H,3,6-9,12-14H2,1-2H3;(H,6,7)/t27-;/m0./s1. The fourth-order valence-corrected chi connectivity index (χ4v) is 5.87. The minimum Gasteiger partial charge on any atom is -0.508 e. The molecule has 0 radical (unpaired) electrons. The number of nitrogens with one attached hydrogen (secondary N) is 1. The van der Waals surface area contributed by atoms with Crippen LogP contribution < -0.4 is 10.9 Å². The maximum atomic E-state index is 13.4. The number of rotatable bonds is 4. The van der Waals surface area contributed by atoms with Crippen LogP contribution in [0.5, 0.6) is 5.75 Å². The van der Waals surface area contributed by atoms with E-state index in [0.29, 0.717) is 41.6 Å². The van der Waals surface area contributed by atoms with Gasteiger partial charge in [-0.1, -0.05) is 6.92 Å². The molecule has 2 aromatic heterocycles. The lowest BCUT2D eigenvalue weighted by Crippen LogP contribution is -2.44. The van der Waals surface area contributed by atoms with E-state index in [1.54, 1.807) is 29.7 Å². The number of nitrogens with zero attached hydrogens (tertiary/aromatic N) is 3. The van der Waals surface area contributed by atoms with Crippen molar-refractivity contribution in [1.29, 1.82) is 0 Å². The van der Waals surface area contributed by atoms with Gasteiger partial charge in [0.15, 0.2) is 5.60 Å². The zero-order valence-electron chi connectivity index (χ0n) is 23.5. The number of carbonyl (C=O) groups excluding carboxylic acids is 1. The Morgan fingerprint density at radius 3 is 2.49 bits per heavy atom. The quantitative estimate of drug-likeness (QED) is 0.256. The second kappa shape index (κ2) is 11.2. The first-order valence-electron chi connectivity index (χ1n) is 13.8. The second-order valence-corrected chi connectivity index (χ2v) is 10.9. The normalized spacial score (nSPS) is 20.1. The number of esters is 1. The van der Waals surface area contributed by atoms with E-state index < -0.39 is 23.7 Å². The van der Waals surface area contributed by atoms with Crippen molar-refractivity contribution in [1.82, 2.24) is 19.8 Å². The van der Waals surface area contributed by atoms with Crippen molar-refractivity contribution in [3.63, 3.8) is 0 Å². The minimum absolute atomic E-state index is 0.105. The molecule has 3 aliphatic rings. The number of carbonyl (C=O) groups is 2. The van der Waals surface area contributed by atoms with E-state index in [1.807, 2.05) is 13.1 Å². The summed E-state index contributed by atoms with van der Waals surface area (Å²) in [6.07, 6.45) is -2.85. The van der Waals surface area contributed by atoms with Crippen LogP contribution in [0.2, 0.25) is 0 Å². The van der Waals surface area contributed by atoms with E-state index >= 15 is 0 Å². The first kappa shape index (κ1) is 30.4. The first-order valence-corrected chi connectivity index (χ1v) is 13.8. The van der Waals surface area contributed by atoms with Crippen molar-refractivity contribution in [2.24, 2.45) is 0 Å². The summed E-state index contributed by atoms with van der Waals surface area (Å²) < 4.78 is 38.5. The molecule has 0 saturated carbocycles. The fraction of sp³-hybridized carbons (Fsp3) is 0.448. The number of phenolic OH excluding ortho intramolecular Hbond substituents is 1. The number of ether oxygens (including phenoxy) is 1. The summed E-state index contributed by atoms with van der Waals surface area (Å²) in [4.78, 5) is 41.9. The van der Waals surface area contributed by atoms with Gasteiger partial charge >= 0.3 is 18.1 Å². The molecule has 0 bridgehead atoms. The number of hydrogen-bond acceptors (Lipinski definition) is 9. The lowest BCUT2D eigenvalue weighted by molar-refractivity contribution is -0.192. The Morgan fingerprint density at radius 1 is 1.21 bits per heavy atom. The van der Waals surface area contributed by atoms with Gasteiger partial charge in [-0.15, -0.1) is 0 Å². The molecule has 1 fully saturated rings. The Hall–Kier alpha value is -4.01. The van der Waals surface area contributed by atoms with Crippen LogP contribution in [0.3, 0.4) is 0 Å². The number of pyridine rings is 2. The number of likely N-dealkylation sites (tertiary alicyclic amines) is 1. The molecule has 1 atom stereocenters. The molecule has 230 valence electrons. The van der Waals surface area contributed by atoms with Gasteiger partial charge in [0.25, 0.3) is 5.56 Å². The Morgan fingerprint density at radius 2 is 1.88 bits per heavy atom. The Labute approximate surface area is 243 Å². The van der Waals surface area contributed by atoms with Gasteiger partial charge < -0.3 is 29.9 Å². The van der Waals surface area contributed by atoms with Crippen molar-refractivity contribution in [3.8, 4) is 17.1 Å². The number of cyclic esters (lactones) is 1. The van der Waals surface area contributed by atoms with Gasteiger partial charge in [-0.25, -0.2) is 14.6 Å². The van der Waals surface area contributed by atoms with Gasteiger partial charge in [-0.05, 0) is 63.7 Å². The van der Waals surface area contributed by atoms with E-state index in [1.165, 1.54) is 0 Å². The van der Waals surface area contributed by atoms with Crippen LogP contribution in [-0.2, 0) is 39.6 Å². The summed E-state index contributed by atoms with van der Waals surface area (Å²) in [5, 5.41) is 33.2. The molecule has 0 aliphatic carbocycles. The number of alkyl halides is 3. The van der Waals surface area contributed by atoms with Crippen LogP contribution in [0.4, 0.5) is 13.2 Å². The van der Waals surface area contributed by atoms with Gasteiger partial charge in [0.1, 0.15) is 12.4 Å². The third-order valence-electron chi connectivity index (χ3n) is 8.40. The number of piperidine rings is 1. The maximum absolute atomic E-state index is 13.4. The average Bonchev–Trinajstić information content (AvgIpc) is 3.34. The highest BCUT2D eigenvalue weighted by molar-refractivity contribution is 5.89. The highest BCUT2D eigenvalue weighted by atomic mass is 19.4. The maximum Gasteiger partial charge on any atom is 0.490 e. The molecule has 43 heavy (non-hydrogen) atoms. The SMILES string of the molecule is CC[C@@]1(O)C(=O)OCc2c1cc1n(c2=O)Cc2cc3c(CN4CCC(NC)CC4)c(O)ccc3nc2-1.O=C(O)C(F)(F)F. The number of halogens is 3. The topological polar surface area (TPSA) is 154 Å². The molecule has 3 aromatic rings. The third kappa shape index (κ3) is 5.45. The lowest BCUT2D eigenvalue weighted by Gasteiger charge is -2.32. The molecule has 0 amide bonds. The molecular formula is C29H31F3N4O7. The largest absolute Gasteiger partial charge is 0.508 e. The smallest absolute Gasteiger partial charge is 0.490 e. The van der Waals surface area contributed by atoms with Crippen molar-refractivity contribution in [3.05, 3.63) is 56.9 Å². The van der Waals surface area contributed by atoms with Gasteiger partial charge in [0.2, 0.25) is 0 Å². The summed E-state index contributed by atoms with van der Waals surface area (Å²) >= 11 is 0. The van der Waals surface area contributed by atoms with E-state index in [4.69, 9.17) is 19.6 Å². The number of aliphatic carboxylic acids is 1. The lowest BCUT2D eigenvalue weighted by atomic mass is 9.86. The molecule has 0 unspecified atom stereocenters. The number of fused-ring (bicyclic) bond motifs is 5. The number of benzene rings is 1. The van der Waals surface area contributed by atoms with Crippen molar-refractivity contribution in [2.75, 3.05) is 20.1 Å². The van der Waals surface area contributed by atoms with Crippen molar-refractivity contribution < 1.29 is 42.8 Å². The Kier molecular flexibility index (Phi) is 7.96. The minimum atomic E-state index is -5.08. The first-order chi connectivity index (χ1) is 20.3. The highest BCUT2D eigenvalue weighted by Crippen LogP contribution is 2.40. The van der Waals surface area contributed by atoms with Crippen LogP contribution >= 0.6 is 0 Å². The van der Waals surface area contributed by atoms with E-state index in [0.717, 1.165) is 48.0 Å². The number of aromatic nitrogens is 2. The van der Waals surface area contributed by atoms with Crippen molar-refractivity contribution >= 4 is 22.8 Å². The number of carboxylic acid groups (broad SMARTS) is 1. The van der Waals surface area contributed by atoms with Gasteiger partial charge in [-0.2, -0.15) is 13.2 Å². The number of carboxylic acids is 1. The third-order valence-corrected chi connectivity index (χ3v) is 8.40. The Bertz CT molecular complexity index is 1660. The highest BCUT2D eigenvalue weighted by Gasteiger charge is 2.45. The van der Waals surface area contributed by atoms with Crippen molar-refractivity contribution in [2.45, 2.75) is 63.7 Å². The summed E-state index contributed by atoms with van der Waals surface area (Å²) in [7, 11) is 2.00. The predicted octanol–water partition coefficient (Wildman–Crippen LogP) is 2.60. The van der Waals surface area contributed by atoms with Crippen LogP contribution in [0, 0.1) is 0 Å². The predicted molar refractivity (Wildman–Crippen MR) is 147 cm³/mol. The van der Waals surface area contributed by atoms with Gasteiger partial charge in [0.05, 0.1) is 29.0 Å². The average molecular weight is 605 g/mol. The van der Waals surface area contributed by atoms with E-state index in [2.05, 4.69) is 10.2 Å². The molecule has 5 heterocycles. The summed E-state index contributed by atoms with van der Waals surface area (Å²) in [6.45, 7) is 4.41. The summed E-state index contributed by atoms with van der Waals surface area (Å²) in [5.74, 6) is -3.25. The van der Waals surface area contributed by atoms with Crippen LogP contribution in [-0.4, -0.2) is 74.1 Å². The summed E-state index contributed by atoms with van der Waals surface area (Å²) in [5.41, 5.74) is 2.18. The number of hydrogen-bond donors (Lipinski definition) is 4. The molecule has 14 heteroatoms. The van der Waals surface area contributed by atoms with Gasteiger partial charge in [-0.3, -0.25) is 9.69 Å². The zero-order valence-corrected chi connectivity index (χ0v) is 23.5. The molecule has 1 saturated heterocycles. The number of phenols is 1. The van der Waals surface area contributed by atoms with Gasteiger partial charge in [0, 0.05) is 34.7 Å². The van der Waals surface area contributed by atoms with E-state index in [-0.39, 0.29) is 24.3 Å². The van der Waals surface area contributed by atoms with Crippen LogP contribution in [0.15, 0.2) is 29.1 Å². The summed E-state index contributed by atoms with van der Waals surface area (Å²) in [6, 6.07) is 7.74. The van der Waals surface area contributed by atoms with Crippen LogP contribution in [0.1, 0.15) is 48.4 Å². The monoisotopic (exact) mass is 604 g/mol. The zero-order chi connectivity index (χ0) is 31.3. The molecule has 4 N–H and O–H groups in total. The van der Waals surface area contributed by atoms with Crippen LogP contribution in [0.25, 0.3) is 22.3 Å². The number of aromatic hydroxyl groups is 1. The molecule has 3 aliphatic heterocycles. The van der Waals surface area contributed by atoms with E-state index in [9.17, 15) is 33.0 Å². The number of aliphatic hydroxyl groups is 1. The Balaban J connectivity index is 0.000000472. The molecular weight excluding hydrogens is 573 g/mol. The molecule has 0 spiro atoms. The molecule has 1 aromatic carbocycles.